The molecule has 0 saturated carbocycles. The van der Waals surface area contributed by atoms with E-state index in [9.17, 15) is 22.4 Å². The van der Waals surface area contributed by atoms with Crippen molar-refractivity contribution >= 4 is 28.7 Å². The number of rotatable bonds is 5. The summed E-state index contributed by atoms with van der Waals surface area (Å²) in [7, 11) is 0. The highest BCUT2D eigenvalue weighted by atomic mass is 19.4. The SMILES string of the molecule is [C-]#[N+]c1ccc2c3c(n(C(=O)NCc4ccnc(C(F)(F)F)c4)c2c1)CCN(C/C=C/c1ccc(C)c(F)c1)C3. The Morgan fingerprint density at radius 1 is 1.18 bits per heavy atom. The Morgan fingerprint density at radius 2 is 2.00 bits per heavy atom. The number of carbonyl (C=O) groups excluding carboxylic acids is 1. The molecule has 0 spiro atoms. The highest BCUT2D eigenvalue weighted by Crippen LogP contribution is 2.33. The summed E-state index contributed by atoms with van der Waals surface area (Å²) in [5.41, 5.74) is 3.35. The van der Waals surface area contributed by atoms with Crippen molar-refractivity contribution in [3.05, 3.63) is 112 Å². The van der Waals surface area contributed by atoms with Gasteiger partial charge in [-0.2, -0.15) is 13.2 Å². The Hall–Kier alpha value is -4.49. The second kappa shape index (κ2) is 10.9. The van der Waals surface area contributed by atoms with Crippen molar-refractivity contribution in [2.45, 2.75) is 32.6 Å². The number of halogens is 4. The molecule has 2 aromatic heterocycles. The molecule has 5 rings (SSSR count). The standard InChI is InChI=1S/C30H25F4N5O/c1-19-5-6-20(14-25(19)31)4-3-12-38-13-10-26-24(18-38)23-8-7-22(35-2)16-27(23)39(26)29(40)37-17-21-9-11-36-28(15-21)30(32,33)34/h3-9,11,14-16H,10,12-13,17-18H2,1H3,(H,37,40)/b4-3+. The maximum atomic E-state index is 13.9. The predicted octanol–water partition coefficient (Wildman–Crippen LogP) is 6.88. The maximum absolute atomic E-state index is 13.9. The fourth-order valence-corrected chi connectivity index (χ4v) is 4.91. The minimum Gasteiger partial charge on any atom is -0.333 e. The van der Waals surface area contributed by atoms with Crippen LogP contribution in [0.15, 0.2) is 60.8 Å². The lowest BCUT2D eigenvalue weighted by Crippen LogP contribution is -2.34. The first-order valence-electron chi connectivity index (χ1n) is 12.6. The van der Waals surface area contributed by atoms with E-state index in [1.54, 1.807) is 25.1 Å². The molecule has 0 unspecified atom stereocenters. The molecule has 3 heterocycles. The Balaban J connectivity index is 1.38. The largest absolute Gasteiger partial charge is 0.433 e. The summed E-state index contributed by atoms with van der Waals surface area (Å²) in [6.07, 6.45) is 0.897. The normalized spacial score (nSPS) is 13.9. The molecule has 0 atom stereocenters. The van der Waals surface area contributed by atoms with Crippen LogP contribution in [-0.2, 0) is 25.7 Å². The lowest BCUT2D eigenvalue weighted by Gasteiger charge is -2.27. The van der Waals surface area contributed by atoms with Gasteiger partial charge in [-0.1, -0.05) is 36.4 Å². The molecule has 40 heavy (non-hydrogen) atoms. The van der Waals surface area contributed by atoms with E-state index in [1.165, 1.54) is 16.7 Å². The van der Waals surface area contributed by atoms with Crippen LogP contribution in [0.4, 0.5) is 28.0 Å². The van der Waals surface area contributed by atoms with Crippen LogP contribution >= 0.6 is 0 Å². The van der Waals surface area contributed by atoms with Crippen LogP contribution in [0.2, 0.25) is 0 Å². The molecule has 10 heteroatoms. The van der Waals surface area contributed by atoms with Gasteiger partial charge in [-0.3, -0.25) is 14.5 Å². The minimum absolute atomic E-state index is 0.113. The third kappa shape index (κ3) is 5.60. The molecule has 0 saturated heterocycles. The lowest BCUT2D eigenvalue weighted by molar-refractivity contribution is -0.141. The molecular formula is C30H25F4N5O. The number of nitrogens with one attached hydrogen (secondary N) is 1. The van der Waals surface area contributed by atoms with Crippen molar-refractivity contribution in [3.8, 4) is 0 Å². The van der Waals surface area contributed by atoms with Gasteiger partial charge in [0.1, 0.15) is 11.5 Å². The van der Waals surface area contributed by atoms with Gasteiger partial charge < -0.3 is 5.32 Å². The molecule has 1 N–H and O–H groups in total. The number of alkyl halides is 3. The number of pyridine rings is 1. The van der Waals surface area contributed by atoms with Gasteiger partial charge in [-0.25, -0.2) is 14.0 Å². The zero-order valence-electron chi connectivity index (χ0n) is 21.6. The van der Waals surface area contributed by atoms with Crippen LogP contribution in [0.3, 0.4) is 0 Å². The average Bonchev–Trinajstić information content (AvgIpc) is 3.26. The molecule has 1 amide bonds. The predicted molar refractivity (Wildman–Crippen MR) is 144 cm³/mol. The van der Waals surface area contributed by atoms with E-state index in [-0.39, 0.29) is 17.9 Å². The van der Waals surface area contributed by atoms with Gasteiger partial charge in [0.15, 0.2) is 5.69 Å². The second-order valence-corrected chi connectivity index (χ2v) is 9.68. The Bertz CT molecular complexity index is 1670. The molecule has 0 bridgehead atoms. The smallest absolute Gasteiger partial charge is 0.333 e. The molecule has 1 aliphatic heterocycles. The van der Waals surface area contributed by atoms with E-state index in [0.29, 0.717) is 42.8 Å². The topological polar surface area (TPSA) is 54.5 Å². The van der Waals surface area contributed by atoms with Gasteiger partial charge in [0.05, 0.1) is 6.57 Å². The first-order chi connectivity index (χ1) is 19.1. The van der Waals surface area contributed by atoms with Gasteiger partial charge in [0, 0.05) is 55.4 Å². The van der Waals surface area contributed by atoms with Crippen molar-refractivity contribution in [2.24, 2.45) is 0 Å². The molecule has 0 radical (unpaired) electrons. The number of fused-ring (bicyclic) bond motifs is 3. The Morgan fingerprint density at radius 3 is 2.75 bits per heavy atom. The quantitative estimate of drug-likeness (QED) is 0.219. The Kier molecular flexibility index (Phi) is 7.41. The number of hydrogen-bond acceptors (Lipinski definition) is 3. The summed E-state index contributed by atoms with van der Waals surface area (Å²) in [6, 6.07) is 12.2. The zero-order valence-corrected chi connectivity index (χ0v) is 21.6. The fourth-order valence-electron chi connectivity index (χ4n) is 4.91. The van der Waals surface area contributed by atoms with E-state index in [4.69, 9.17) is 6.57 Å². The van der Waals surface area contributed by atoms with Crippen LogP contribution < -0.4 is 5.32 Å². The molecule has 6 nitrogen and oxygen atoms in total. The summed E-state index contributed by atoms with van der Waals surface area (Å²) in [5, 5.41) is 3.57. The van der Waals surface area contributed by atoms with E-state index in [2.05, 4.69) is 20.0 Å². The highest BCUT2D eigenvalue weighted by molar-refractivity contribution is 5.97. The van der Waals surface area contributed by atoms with Crippen LogP contribution in [0.5, 0.6) is 0 Å². The van der Waals surface area contributed by atoms with Crippen molar-refractivity contribution in [1.29, 1.82) is 0 Å². The number of aryl methyl sites for hydroxylation is 1. The van der Waals surface area contributed by atoms with Crippen molar-refractivity contribution in [1.82, 2.24) is 19.8 Å². The summed E-state index contributed by atoms with van der Waals surface area (Å²) < 4.78 is 54.5. The first kappa shape index (κ1) is 27.1. The van der Waals surface area contributed by atoms with E-state index in [0.717, 1.165) is 34.5 Å². The lowest BCUT2D eigenvalue weighted by atomic mass is 10.0. The fraction of sp³-hybridized carbons (Fsp3) is 0.233. The molecule has 0 fully saturated rings. The molecular weight excluding hydrogens is 522 g/mol. The number of hydrogen-bond donors (Lipinski definition) is 1. The van der Waals surface area contributed by atoms with Crippen LogP contribution in [0.1, 0.15) is 33.6 Å². The number of amides is 1. The second-order valence-electron chi connectivity index (χ2n) is 9.68. The van der Waals surface area contributed by atoms with Crippen molar-refractivity contribution < 1.29 is 22.4 Å². The monoisotopic (exact) mass is 547 g/mol. The average molecular weight is 548 g/mol. The van der Waals surface area contributed by atoms with E-state index < -0.39 is 17.9 Å². The third-order valence-corrected chi connectivity index (χ3v) is 6.97. The minimum atomic E-state index is -4.58. The van der Waals surface area contributed by atoms with Gasteiger partial charge in [-0.15, -0.1) is 0 Å². The van der Waals surface area contributed by atoms with Crippen LogP contribution in [0.25, 0.3) is 21.8 Å². The van der Waals surface area contributed by atoms with Crippen molar-refractivity contribution in [2.75, 3.05) is 13.1 Å². The maximum Gasteiger partial charge on any atom is 0.433 e. The van der Waals surface area contributed by atoms with Gasteiger partial charge in [-0.05, 0) is 53.4 Å². The summed E-state index contributed by atoms with van der Waals surface area (Å²) in [5.74, 6) is -0.251. The van der Waals surface area contributed by atoms with Gasteiger partial charge in [0.2, 0.25) is 0 Å². The van der Waals surface area contributed by atoms with Gasteiger partial charge in [0.25, 0.3) is 0 Å². The third-order valence-electron chi connectivity index (χ3n) is 6.97. The van der Waals surface area contributed by atoms with E-state index in [1.807, 2.05) is 24.3 Å². The Labute approximate surface area is 228 Å². The van der Waals surface area contributed by atoms with Crippen LogP contribution in [0, 0.1) is 19.3 Å². The molecule has 204 valence electrons. The number of benzene rings is 2. The first-order valence-corrected chi connectivity index (χ1v) is 12.6. The number of nitrogens with zero attached hydrogens (tertiary/aromatic N) is 4. The summed E-state index contributed by atoms with van der Waals surface area (Å²) in [4.78, 5) is 22.5. The highest BCUT2D eigenvalue weighted by Gasteiger charge is 2.32. The van der Waals surface area contributed by atoms with E-state index >= 15 is 0 Å². The summed E-state index contributed by atoms with van der Waals surface area (Å²) >= 11 is 0. The van der Waals surface area contributed by atoms with Crippen LogP contribution in [-0.4, -0.2) is 33.6 Å². The number of aromatic nitrogens is 2. The molecule has 2 aromatic carbocycles. The summed E-state index contributed by atoms with van der Waals surface area (Å²) in [6.45, 7) is 10.9. The van der Waals surface area contributed by atoms with Crippen molar-refractivity contribution in [3.63, 3.8) is 0 Å². The molecule has 1 aliphatic rings. The van der Waals surface area contributed by atoms with Gasteiger partial charge >= 0.3 is 12.2 Å². The molecule has 0 aliphatic carbocycles. The number of carbonyl (C=O) groups is 1. The molecule has 4 aromatic rings. The zero-order chi connectivity index (χ0) is 28.4.